The normalized spacial score (nSPS) is 12.4. The standard InChI is InChI=1S/C59H98N2.2C30H61.Ni/c1-5-8-11-13-15-16-17-18-19-20-21-22-23-24-25-26-27-28-29-30-31-32-33-34-35-36-39-43-54-44-41-45-56(51-54)59-57(46-40-37-14-12-9-6-2)52(4)58(61(59)60)55-49-47-53(48-50-55)42-38-10-7-3;2*1-3-5-7-9-11-13-15-17-19-21-23-25-27-29-30-28-26-24-22-20-18-16-14-12-10-8-6-4-2;/h41,44-45,47-51H,5-40,42-43,46H2,1-4H3;2*1,3-30H2,2H3;. The van der Waals surface area contributed by atoms with Gasteiger partial charge in [-0.15, -0.1) is 0 Å². The molecule has 0 spiro atoms. The Hall–Kier alpha value is -1.99. The average Bonchev–Trinajstić information content (AvgIpc) is 1.61. The molecule has 2 aromatic rings. The molecule has 0 fully saturated rings. The Morgan fingerprint density at radius 3 is 0.639 bits per heavy atom. The van der Waals surface area contributed by atoms with Gasteiger partial charge in [-0.05, 0) is 80.8 Å². The monoisotopic (exact) mass is 1740 g/mol. The fourth-order valence-electron chi connectivity index (χ4n) is 19.6. The summed E-state index contributed by atoms with van der Waals surface area (Å²) in [6.07, 6.45) is 137. The maximum absolute atomic E-state index is 11.9. The van der Waals surface area contributed by atoms with Crippen LogP contribution in [0, 0.1) is 0 Å². The summed E-state index contributed by atoms with van der Waals surface area (Å²) in [5.41, 5.74) is 21.5. The Morgan fingerprint density at radius 2 is 0.393 bits per heavy atom. The van der Waals surface area contributed by atoms with Crippen molar-refractivity contribution in [2.45, 2.75) is 662 Å². The smallest absolute Gasteiger partial charge is 0.493 e. The SMILES string of the molecule is CCCCCCCCCCCCCCCCCCCCCCCCCCCCC[CH2][Ni][CH2]CCCCCCCCCCCCCCCCCCCCCCCCCCCCC.CCCCCCCCCCCCCCCCCCCCCCCCCCCCCc1cccc(C2=C(CCCCCCCC)C(C)=C(c3ccc(CCCCC)cc3)[N+]2=[N-])c1. The zero-order valence-electron chi connectivity index (χ0n) is 84.4. The van der Waals surface area contributed by atoms with Crippen molar-refractivity contribution >= 4 is 11.4 Å². The van der Waals surface area contributed by atoms with Crippen molar-refractivity contribution in [2.24, 2.45) is 0 Å². The van der Waals surface area contributed by atoms with E-state index in [0.29, 0.717) is 0 Å². The Morgan fingerprint density at radius 1 is 0.197 bits per heavy atom. The van der Waals surface area contributed by atoms with Crippen molar-refractivity contribution < 1.29 is 19.1 Å². The maximum atomic E-state index is 11.9. The van der Waals surface area contributed by atoms with Gasteiger partial charge in [-0.3, -0.25) is 0 Å². The minimum absolute atomic E-state index is 0.965. The van der Waals surface area contributed by atoms with Crippen molar-refractivity contribution in [3.63, 3.8) is 0 Å². The summed E-state index contributed by atoms with van der Waals surface area (Å²) in [6.45, 7) is 13.7. The first-order valence-corrected chi connectivity index (χ1v) is 58.5. The van der Waals surface area contributed by atoms with Gasteiger partial charge in [0.25, 0.3) is 0 Å². The van der Waals surface area contributed by atoms with Gasteiger partial charge < -0.3 is 5.53 Å². The zero-order valence-corrected chi connectivity index (χ0v) is 85.4. The van der Waals surface area contributed by atoms with E-state index in [-0.39, 0.29) is 0 Å². The molecule has 2 nitrogen and oxygen atoms in total. The van der Waals surface area contributed by atoms with Crippen molar-refractivity contribution in [1.29, 1.82) is 0 Å². The molecule has 0 aromatic heterocycles. The Kier molecular flexibility index (Phi) is 91.9. The summed E-state index contributed by atoms with van der Waals surface area (Å²) in [7, 11) is 0. The molecule has 0 amide bonds. The summed E-state index contributed by atoms with van der Waals surface area (Å²) in [6, 6.07) is 18.1. The number of rotatable bonds is 99. The van der Waals surface area contributed by atoms with E-state index in [9.17, 15) is 5.53 Å². The van der Waals surface area contributed by atoms with E-state index in [1.807, 2.05) is 0 Å². The molecule has 3 rings (SSSR count). The molecular weight excluding hydrogens is 1520 g/mol. The molecule has 2 aromatic carbocycles. The topological polar surface area (TPSA) is 25.3 Å². The van der Waals surface area contributed by atoms with Crippen LogP contribution in [0.1, 0.15) is 661 Å². The predicted molar refractivity (Wildman–Crippen MR) is 551 cm³/mol. The second-order valence-corrected chi connectivity index (χ2v) is 41.5. The van der Waals surface area contributed by atoms with E-state index in [1.54, 1.807) is 0 Å². The molecule has 0 N–H and O–H groups in total. The van der Waals surface area contributed by atoms with Gasteiger partial charge in [-0.2, -0.15) is 0 Å². The van der Waals surface area contributed by atoms with Crippen LogP contribution < -0.4 is 0 Å². The summed E-state index contributed by atoms with van der Waals surface area (Å²) >= 11 is 2.06. The van der Waals surface area contributed by atoms with Crippen LogP contribution in [0.25, 0.3) is 16.9 Å². The third-order valence-corrected chi connectivity index (χ3v) is 29.4. The van der Waals surface area contributed by atoms with Crippen LogP contribution in [-0.4, -0.2) is 4.70 Å². The summed E-state index contributed by atoms with van der Waals surface area (Å²) in [5.74, 6) is 0. The molecule has 1 aliphatic rings. The van der Waals surface area contributed by atoms with Crippen LogP contribution in [0.5, 0.6) is 0 Å². The molecule has 1 heterocycles. The van der Waals surface area contributed by atoms with Gasteiger partial charge in [-0.1, -0.05) is 489 Å². The molecule has 0 radical (unpaired) electrons. The molecule has 716 valence electrons. The Bertz CT molecular complexity index is 2410. The number of allylic oxidation sites excluding steroid dienone is 2. The molecule has 0 saturated heterocycles. The van der Waals surface area contributed by atoms with E-state index >= 15 is 0 Å². The van der Waals surface area contributed by atoms with Gasteiger partial charge in [0.2, 0.25) is 11.4 Å². The van der Waals surface area contributed by atoms with Crippen LogP contribution in [0.15, 0.2) is 59.7 Å². The van der Waals surface area contributed by atoms with Gasteiger partial charge >= 0.3 is 166 Å². The van der Waals surface area contributed by atoms with E-state index in [4.69, 9.17) is 0 Å². The predicted octanol–water partition coefficient (Wildman–Crippen LogP) is 44.2. The van der Waals surface area contributed by atoms with Crippen molar-refractivity contribution in [3.8, 4) is 0 Å². The van der Waals surface area contributed by atoms with Gasteiger partial charge in [0.15, 0.2) is 0 Å². The minimum Gasteiger partial charge on any atom is -0.493 e. The van der Waals surface area contributed by atoms with E-state index < -0.39 is 0 Å². The fraction of sp³-hybridized carbons (Fsp3) is 0.866. The first-order valence-electron chi connectivity index (χ1n) is 57.1. The van der Waals surface area contributed by atoms with Crippen LogP contribution in [-0.2, 0) is 27.3 Å². The molecule has 0 unspecified atom stereocenters. The van der Waals surface area contributed by atoms with Crippen LogP contribution in [0.4, 0.5) is 0 Å². The van der Waals surface area contributed by atoms with Crippen LogP contribution >= 0.6 is 0 Å². The molecule has 0 bridgehead atoms. The molecule has 0 saturated carbocycles. The quantitative estimate of drug-likeness (QED) is 0.0358. The second-order valence-electron chi connectivity index (χ2n) is 40.0. The first-order chi connectivity index (χ1) is 60.5. The van der Waals surface area contributed by atoms with Gasteiger partial charge in [0.1, 0.15) is 0 Å². The molecule has 3 heteroatoms. The average molecular weight is 1740 g/mol. The summed E-state index contributed by atoms with van der Waals surface area (Å²) in [5, 5.41) is 2.87. The minimum atomic E-state index is 0.965. The van der Waals surface area contributed by atoms with Crippen molar-refractivity contribution in [1.82, 2.24) is 0 Å². The van der Waals surface area contributed by atoms with E-state index in [0.717, 1.165) is 41.8 Å². The first kappa shape index (κ1) is 116. The summed E-state index contributed by atoms with van der Waals surface area (Å²) < 4.78 is 1.54. The number of benzene rings is 2. The Balaban J connectivity index is 0.000000827. The third kappa shape index (κ3) is 75.8. The van der Waals surface area contributed by atoms with Crippen molar-refractivity contribution in [2.75, 3.05) is 0 Å². The second kappa shape index (κ2) is 96.6. The molecule has 1 aliphatic heterocycles. The number of hydrogen-bond donors (Lipinski definition) is 0. The summed E-state index contributed by atoms with van der Waals surface area (Å²) in [4.78, 5) is 0. The van der Waals surface area contributed by atoms with E-state index in [2.05, 4.69) is 105 Å². The van der Waals surface area contributed by atoms with Crippen LogP contribution in [0.3, 0.4) is 0 Å². The molecule has 0 aliphatic carbocycles. The molecule has 122 heavy (non-hydrogen) atoms. The van der Waals surface area contributed by atoms with Gasteiger partial charge in [-0.25, -0.2) is 4.70 Å². The van der Waals surface area contributed by atoms with E-state index in [1.165, 1.54) is 628 Å². The number of nitrogens with zero attached hydrogens (tertiary/aromatic N) is 2. The number of hydrogen-bond acceptors (Lipinski definition) is 0. The van der Waals surface area contributed by atoms with Crippen molar-refractivity contribution in [3.05, 3.63) is 87.5 Å². The Labute approximate surface area is 775 Å². The van der Waals surface area contributed by atoms with Crippen LogP contribution in [0.2, 0.25) is 10.8 Å². The zero-order chi connectivity index (χ0) is 87.1. The van der Waals surface area contributed by atoms with Gasteiger partial charge in [0.05, 0.1) is 0 Å². The molecular formula is C119H220N2Ni. The number of aryl methyl sites for hydroxylation is 2. The van der Waals surface area contributed by atoms with Gasteiger partial charge in [0, 0.05) is 22.3 Å². The fourth-order valence-corrected chi connectivity index (χ4v) is 20.8. The molecule has 0 atom stereocenters. The third-order valence-electron chi connectivity index (χ3n) is 28.0. The number of unbranched alkanes of at least 4 members (excludes halogenated alkanes) is 87.